The second kappa shape index (κ2) is 1.74. The van der Waals surface area contributed by atoms with Gasteiger partial charge in [-0.2, -0.15) is 0 Å². The summed E-state index contributed by atoms with van der Waals surface area (Å²) in [6, 6.07) is 0. The first-order valence-electron chi connectivity index (χ1n) is 3.05. The number of fused-ring (bicyclic) bond motifs is 1. The maximum Gasteiger partial charge on any atom is 0.0626 e. The molecule has 0 radical (unpaired) electrons. The van der Waals surface area contributed by atoms with Gasteiger partial charge in [-0.25, -0.2) is 0 Å². The molecule has 0 aromatic carbocycles. The summed E-state index contributed by atoms with van der Waals surface area (Å²) in [5.74, 6) is 0. The van der Waals surface area contributed by atoms with Crippen molar-refractivity contribution in [2.75, 3.05) is 18.5 Å². The number of hydrogen-bond acceptors (Lipinski definition) is 1. The van der Waals surface area contributed by atoms with Gasteiger partial charge < -0.3 is 4.74 Å². The Bertz CT molecular complexity index is 146. The summed E-state index contributed by atoms with van der Waals surface area (Å²) in [6.07, 6.45) is 1.28. The lowest BCUT2D eigenvalue weighted by Gasteiger charge is -2.04. The Hall–Kier alpha value is 0.920. The Kier molecular flexibility index (Phi) is 1.28. The van der Waals surface area contributed by atoms with Crippen molar-refractivity contribution < 1.29 is 4.74 Å². The van der Waals surface area contributed by atoms with Crippen molar-refractivity contribution in [3.05, 3.63) is 0 Å². The van der Waals surface area contributed by atoms with Gasteiger partial charge >= 0.3 is 0 Å². The molecule has 1 nitrogen and oxygen atoms in total. The molecule has 2 atom stereocenters. The molecule has 0 amide bonds. The first kappa shape index (κ1) is 6.62. The summed E-state index contributed by atoms with van der Waals surface area (Å²) in [7, 11) is 0. The highest BCUT2D eigenvalue weighted by atomic mass is 79.9. The molecule has 2 unspecified atom stereocenters. The molecular formula is C6H8Br2O. The van der Waals surface area contributed by atoms with Crippen molar-refractivity contribution in [1.29, 1.82) is 0 Å². The highest BCUT2D eigenvalue weighted by molar-refractivity contribution is 9.10. The van der Waals surface area contributed by atoms with E-state index in [0.29, 0.717) is 9.74 Å². The number of rotatable bonds is 1. The molecule has 0 N–H and O–H groups in total. The normalized spacial score (nSPS) is 55.3. The quantitative estimate of drug-likeness (QED) is 0.651. The van der Waals surface area contributed by atoms with Crippen LogP contribution in [-0.2, 0) is 4.74 Å². The zero-order valence-electron chi connectivity index (χ0n) is 4.99. The van der Waals surface area contributed by atoms with Crippen LogP contribution in [0.1, 0.15) is 6.42 Å². The SMILES string of the molecule is BrCC12COCC1(Br)C2. The van der Waals surface area contributed by atoms with Crippen molar-refractivity contribution in [2.45, 2.75) is 10.7 Å². The lowest BCUT2D eigenvalue weighted by molar-refractivity contribution is 0.154. The van der Waals surface area contributed by atoms with Crippen LogP contribution >= 0.6 is 31.9 Å². The van der Waals surface area contributed by atoms with Crippen molar-refractivity contribution in [1.82, 2.24) is 0 Å². The molecule has 1 aliphatic carbocycles. The maximum absolute atomic E-state index is 5.33. The van der Waals surface area contributed by atoms with Crippen LogP contribution in [0.5, 0.6) is 0 Å². The molecule has 2 rings (SSSR count). The van der Waals surface area contributed by atoms with E-state index in [4.69, 9.17) is 4.74 Å². The molecule has 3 heteroatoms. The fraction of sp³-hybridized carbons (Fsp3) is 1.00. The van der Waals surface area contributed by atoms with Gasteiger partial charge in [0.15, 0.2) is 0 Å². The van der Waals surface area contributed by atoms with Gasteiger partial charge in [0.25, 0.3) is 0 Å². The number of ether oxygens (including phenoxy) is 1. The van der Waals surface area contributed by atoms with Gasteiger partial charge in [0.2, 0.25) is 0 Å². The molecule has 52 valence electrons. The Morgan fingerprint density at radius 2 is 2.22 bits per heavy atom. The van der Waals surface area contributed by atoms with E-state index in [-0.39, 0.29) is 0 Å². The van der Waals surface area contributed by atoms with Crippen LogP contribution < -0.4 is 0 Å². The minimum Gasteiger partial charge on any atom is -0.379 e. The van der Waals surface area contributed by atoms with Crippen molar-refractivity contribution >= 4 is 31.9 Å². The largest absolute Gasteiger partial charge is 0.379 e. The Morgan fingerprint density at radius 1 is 1.44 bits per heavy atom. The van der Waals surface area contributed by atoms with Crippen LogP contribution in [0.25, 0.3) is 0 Å². The van der Waals surface area contributed by atoms with E-state index in [2.05, 4.69) is 31.9 Å². The van der Waals surface area contributed by atoms with Gasteiger partial charge in [0, 0.05) is 10.7 Å². The van der Waals surface area contributed by atoms with E-state index in [0.717, 1.165) is 18.5 Å². The lowest BCUT2D eigenvalue weighted by Crippen LogP contribution is -2.11. The summed E-state index contributed by atoms with van der Waals surface area (Å²) >= 11 is 7.18. The predicted octanol–water partition coefficient (Wildman–Crippen LogP) is 1.94. The summed E-state index contributed by atoms with van der Waals surface area (Å²) < 4.78 is 5.68. The maximum atomic E-state index is 5.33. The summed E-state index contributed by atoms with van der Waals surface area (Å²) in [6.45, 7) is 1.84. The minimum absolute atomic E-state index is 0.351. The first-order valence-corrected chi connectivity index (χ1v) is 4.97. The van der Waals surface area contributed by atoms with Gasteiger partial charge in [-0.3, -0.25) is 0 Å². The molecule has 0 bridgehead atoms. The van der Waals surface area contributed by atoms with Crippen LogP contribution in [0.4, 0.5) is 0 Å². The van der Waals surface area contributed by atoms with E-state index < -0.39 is 0 Å². The zero-order chi connectivity index (χ0) is 6.54. The summed E-state index contributed by atoms with van der Waals surface area (Å²) in [5.41, 5.74) is 0.451. The highest BCUT2D eigenvalue weighted by Crippen LogP contribution is 2.66. The number of alkyl halides is 2. The van der Waals surface area contributed by atoms with Gasteiger partial charge in [0.1, 0.15) is 0 Å². The van der Waals surface area contributed by atoms with E-state index in [9.17, 15) is 0 Å². The highest BCUT2D eigenvalue weighted by Gasteiger charge is 2.69. The average Bonchev–Trinajstić information content (AvgIpc) is 2.29. The molecule has 1 saturated carbocycles. The zero-order valence-corrected chi connectivity index (χ0v) is 8.16. The summed E-state index contributed by atoms with van der Waals surface area (Å²) in [5, 5.41) is 1.07. The third kappa shape index (κ3) is 0.688. The Labute approximate surface area is 71.4 Å². The predicted molar refractivity (Wildman–Crippen MR) is 43.3 cm³/mol. The van der Waals surface area contributed by atoms with Gasteiger partial charge in [-0.15, -0.1) is 0 Å². The fourth-order valence-corrected chi connectivity index (χ4v) is 3.72. The molecule has 0 spiro atoms. The van der Waals surface area contributed by atoms with Crippen molar-refractivity contribution in [3.63, 3.8) is 0 Å². The third-order valence-electron chi connectivity index (χ3n) is 2.41. The van der Waals surface area contributed by atoms with Crippen LogP contribution in [-0.4, -0.2) is 22.9 Å². The van der Waals surface area contributed by atoms with Crippen LogP contribution in [0.15, 0.2) is 0 Å². The van der Waals surface area contributed by atoms with Gasteiger partial charge in [0.05, 0.1) is 17.5 Å². The molecule has 0 aromatic heterocycles. The van der Waals surface area contributed by atoms with Crippen LogP contribution in [0.2, 0.25) is 0 Å². The molecule has 1 heterocycles. The molecule has 0 aromatic rings. The summed E-state index contributed by atoms with van der Waals surface area (Å²) in [4.78, 5) is 0. The second-order valence-electron chi connectivity index (χ2n) is 3.05. The monoisotopic (exact) mass is 254 g/mol. The molecule has 1 aliphatic heterocycles. The molecule has 2 aliphatic rings. The van der Waals surface area contributed by atoms with Crippen molar-refractivity contribution in [3.8, 4) is 0 Å². The Morgan fingerprint density at radius 3 is 2.44 bits per heavy atom. The fourth-order valence-electron chi connectivity index (χ4n) is 1.49. The van der Waals surface area contributed by atoms with Gasteiger partial charge in [-0.05, 0) is 6.42 Å². The second-order valence-corrected chi connectivity index (χ2v) is 5.13. The van der Waals surface area contributed by atoms with Gasteiger partial charge in [-0.1, -0.05) is 31.9 Å². The van der Waals surface area contributed by atoms with Crippen LogP contribution in [0.3, 0.4) is 0 Å². The molecule has 9 heavy (non-hydrogen) atoms. The minimum atomic E-state index is 0.351. The molecule has 2 fully saturated rings. The topological polar surface area (TPSA) is 9.23 Å². The Balaban J connectivity index is 2.19. The third-order valence-corrected chi connectivity index (χ3v) is 4.83. The smallest absolute Gasteiger partial charge is 0.0626 e. The van der Waals surface area contributed by atoms with E-state index in [1.54, 1.807) is 0 Å². The number of halogens is 2. The molecule has 1 saturated heterocycles. The standard InChI is InChI=1S/C6H8Br2O/c7-2-5-1-6(5,8)4-9-3-5/h1-4H2. The average molecular weight is 256 g/mol. The van der Waals surface area contributed by atoms with Crippen LogP contribution in [0, 0.1) is 5.41 Å². The number of hydrogen-bond donors (Lipinski definition) is 0. The van der Waals surface area contributed by atoms with E-state index in [1.807, 2.05) is 0 Å². The lowest BCUT2D eigenvalue weighted by atomic mass is 10.1. The van der Waals surface area contributed by atoms with E-state index in [1.165, 1.54) is 6.42 Å². The molecular weight excluding hydrogens is 248 g/mol. The van der Waals surface area contributed by atoms with Crippen molar-refractivity contribution in [2.24, 2.45) is 5.41 Å². The first-order chi connectivity index (χ1) is 4.22. The van der Waals surface area contributed by atoms with E-state index >= 15 is 0 Å².